The molecule has 0 bridgehead atoms. The normalized spacial score (nSPS) is 20.3. The molecule has 8 nitrogen and oxygen atoms in total. The number of benzene rings is 2. The number of β-amino-alcohol motifs (C(OH)–C–C–N with tert-alkyl or cyclic N) is 1. The van der Waals surface area contributed by atoms with Gasteiger partial charge in [-0.25, -0.2) is 13.3 Å². The van der Waals surface area contributed by atoms with Gasteiger partial charge in [-0.3, -0.25) is 4.79 Å². The smallest absolute Gasteiger partial charge is 0.256 e. The second-order valence-electron chi connectivity index (χ2n) is 8.86. The van der Waals surface area contributed by atoms with Crippen molar-refractivity contribution >= 4 is 32.9 Å². The number of hydrogen-bond acceptors (Lipinski definition) is 6. The summed E-state index contributed by atoms with van der Waals surface area (Å²) in [6, 6.07) is 11.5. The zero-order chi connectivity index (χ0) is 25.2. The summed E-state index contributed by atoms with van der Waals surface area (Å²) in [5.74, 6) is 3.11. The number of anilines is 2. The average Bonchev–Trinajstić information content (AvgIpc) is 2.88. The van der Waals surface area contributed by atoms with E-state index in [2.05, 4.69) is 10.6 Å². The molecule has 2 aromatic rings. The Bertz CT molecular complexity index is 1250. The zero-order valence-corrected chi connectivity index (χ0v) is 20.6. The maximum atomic E-state index is 14.5. The van der Waals surface area contributed by atoms with Crippen LogP contribution in [0.4, 0.5) is 15.8 Å². The number of halogens is 1. The molecule has 2 aromatic carbocycles. The van der Waals surface area contributed by atoms with Gasteiger partial charge in [0.05, 0.1) is 38.7 Å². The molecule has 10 heteroatoms. The lowest BCUT2D eigenvalue weighted by Gasteiger charge is -2.38. The van der Waals surface area contributed by atoms with Crippen LogP contribution < -0.4 is 14.5 Å². The second-order valence-corrected chi connectivity index (χ2v) is 11.1. The molecule has 0 aliphatic carbocycles. The minimum Gasteiger partial charge on any atom is -0.391 e. The maximum absolute atomic E-state index is 14.5. The number of piperazine rings is 1. The van der Waals surface area contributed by atoms with Crippen molar-refractivity contribution in [2.75, 3.05) is 56.1 Å². The Kier molecular flexibility index (Phi) is 7.31. The van der Waals surface area contributed by atoms with Crippen LogP contribution >= 0.6 is 0 Å². The summed E-state index contributed by atoms with van der Waals surface area (Å²) in [5, 5.41) is 19.1. The summed E-state index contributed by atoms with van der Waals surface area (Å²) in [4.78, 5) is 19.7. The predicted molar refractivity (Wildman–Crippen MR) is 136 cm³/mol. The van der Waals surface area contributed by atoms with Crippen LogP contribution in [0.2, 0.25) is 0 Å². The molecule has 2 atom stereocenters. The summed E-state index contributed by atoms with van der Waals surface area (Å²) in [7, 11) is -1.20. The van der Waals surface area contributed by atoms with Gasteiger partial charge >= 0.3 is 0 Å². The second kappa shape index (κ2) is 10.2. The van der Waals surface area contributed by atoms with Crippen LogP contribution in [0.3, 0.4) is 0 Å². The van der Waals surface area contributed by atoms with E-state index in [1.165, 1.54) is 6.07 Å². The number of piperidine rings is 1. The number of nitriles is 1. The van der Waals surface area contributed by atoms with Crippen LogP contribution in [0, 0.1) is 17.1 Å². The number of carbonyl (C=O) groups is 1. The Labute approximate surface area is 205 Å². The molecule has 2 saturated heterocycles. The minimum atomic E-state index is -2.76. The summed E-state index contributed by atoms with van der Waals surface area (Å²) >= 11 is 0. The fourth-order valence-electron chi connectivity index (χ4n) is 4.61. The lowest BCUT2D eigenvalue weighted by Crippen LogP contribution is -2.49. The van der Waals surface area contributed by atoms with Gasteiger partial charge in [0.1, 0.15) is 5.82 Å². The van der Waals surface area contributed by atoms with Gasteiger partial charge < -0.3 is 19.8 Å². The van der Waals surface area contributed by atoms with Gasteiger partial charge in [-0.05, 0) is 62.2 Å². The minimum absolute atomic E-state index is 0.201. The Balaban J connectivity index is 1.58. The van der Waals surface area contributed by atoms with Gasteiger partial charge in [-0.1, -0.05) is 0 Å². The van der Waals surface area contributed by atoms with Crippen LogP contribution in [-0.4, -0.2) is 78.4 Å². The number of rotatable bonds is 5. The van der Waals surface area contributed by atoms with Gasteiger partial charge in [0.2, 0.25) is 0 Å². The molecule has 186 valence electrons. The van der Waals surface area contributed by atoms with Crippen molar-refractivity contribution in [1.29, 1.82) is 5.26 Å². The molecule has 2 aliphatic heterocycles. The molecule has 1 amide bonds. The van der Waals surface area contributed by atoms with Gasteiger partial charge in [-0.2, -0.15) is 5.26 Å². The van der Waals surface area contributed by atoms with Crippen molar-refractivity contribution in [2.45, 2.75) is 23.8 Å². The molecule has 0 aromatic heterocycles. The Morgan fingerprint density at radius 2 is 1.86 bits per heavy atom. The van der Waals surface area contributed by atoms with E-state index in [1.54, 1.807) is 42.3 Å². The average molecular weight is 500 g/mol. The van der Waals surface area contributed by atoms with Gasteiger partial charge in [-0.15, -0.1) is 0 Å². The molecule has 0 radical (unpaired) electrons. The third-order valence-electron chi connectivity index (χ3n) is 6.63. The van der Waals surface area contributed by atoms with E-state index in [4.69, 9.17) is 5.26 Å². The Hall–Kier alpha value is -3.13. The molecule has 0 spiro atoms. The van der Waals surface area contributed by atoms with E-state index in [-0.39, 0.29) is 11.5 Å². The van der Waals surface area contributed by atoms with Gasteiger partial charge in [0.25, 0.3) is 5.91 Å². The third-order valence-corrected chi connectivity index (χ3v) is 8.31. The van der Waals surface area contributed by atoms with Crippen molar-refractivity contribution in [3.05, 3.63) is 53.3 Å². The maximum Gasteiger partial charge on any atom is 0.256 e. The van der Waals surface area contributed by atoms with Crippen molar-refractivity contribution < 1.29 is 18.5 Å². The monoisotopic (exact) mass is 499 g/mol. The van der Waals surface area contributed by atoms with E-state index in [0.717, 1.165) is 12.8 Å². The van der Waals surface area contributed by atoms with Gasteiger partial charge in [0, 0.05) is 49.9 Å². The Morgan fingerprint density at radius 3 is 2.49 bits per heavy atom. The van der Waals surface area contributed by atoms with Crippen molar-refractivity contribution in [2.24, 2.45) is 0 Å². The molecule has 2 heterocycles. The largest absolute Gasteiger partial charge is 0.391 e. The SMILES string of the molecule is C=S(=O)(NC)c1ccc(N2CCCC(O)C2)c(C(=O)N2CCN(c3ccc(C#N)cc3F)CC2)c1. The number of carbonyl (C=O) groups excluding carboxylic acids is 1. The van der Waals surface area contributed by atoms with Crippen molar-refractivity contribution in [3.63, 3.8) is 0 Å². The highest BCUT2D eigenvalue weighted by Crippen LogP contribution is 2.29. The predicted octanol–water partition coefficient (Wildman–Crippen LogP) is 1.83. The van der Waals surface area contributed by atoms with E-state index in [1.807, 2.05) is 15.9 Å². The molecule has 35 heavy (non-hydrogen) atoms. The van der Waals surface area contributed by atoms with Crippen LogP contribution in [0.1, 0.15) is 28.8 Å². The summed E-state index contributed by atoms with van der Waals surface area (Å²) in [6.45, 7) is 2.79. The number of aliphatic hydroxyl groups is 1. The lowest BCUT2D eigenvalue weighted by atomic mass is 10.0. The molecule has 4 rings (SSSR count). The number of nitrogens with zero attached hydrogens (tertiary/aromatic N) is 4. The highest BCUT2D eigenvalue weighted by molar-refractivity contribution is 7.98. The van der Waals surface area contributed by atoms with Crippen LogP contribution in [0.5, 0.6) is 0 Å². The van der Waals surface area contributed by atoms with E-state index in [9.17, 15) is 18.5 Å². The first kappa shape index (κ1) is 25.0. The Morgan fingerprint density at radius 1 is 1.14 bits per heavy atom. The number of aliphatic hydroxyl groups excluding tert-OH is 1. The van der Waals surface area contributed by atoms with Crippen LogP contribution in [-0.2, 0) is 9.71 Å². The molecule has 0 saturated carbocycles. The molecule has 2 N–H and O–H groups in total. The fourth-order valence-corrected chi connectivity index (χ4v) is 5.44. The molecular weight excluding hydrogens is 469 g/mol. The first-order chi connectivity index (χ1) is 16.7. The molecule has 2 aliphatic rings. The van der Waals surface area contributed by atoms with Crippen molar-refractivity contribution in [3.8, 4) is 6.07 Å². The zero-order valence-electron chi connectivity index (χ0n) is 19.7. The summed E-state index contributed by atoms with van der Waals surface area (Å²) in [5.41, 5.74) is 1.79. The quantitative estimate of drug-likeness (QED) is 0.609. The third kappa shape index (κ3) is 5.27. The highest BCUT2D eigenvalue weighted by atomic mass is 32.2. The molecule has 2 fully saturated rings. The first-order valence-electron chi connectivity index (χ1n) is 11.6. The lowest BCUT2D eigenvalue weighted by molar-refractivity contribution is 0.0746. The molecular formula is C25H30FN5O3S. The number of nitrogens with one attached hydrogen (secondary N) is 1. The van der Waals surface area contributed by atoms with Crippen LogP contribution in [0.15, 0.2) is 41.3 Å². The highest BCUT2D eigenvalue weighted by Gasteiger charge is 2.29. The van der Waals surface area contributed by atoms with Crippen LogP contribution in [0.25, 0.3) is 0 Å². The fraction of sp³-hybridized carbons (Fsp3) is 0.400. The van der Waals surface area contributed by atoms with Gasteiger partial charge in [0.15, 0.2) is 0 Å². The standard InChI is InChI=1S/C25H30FN5O3S/c1-28-35(2,34)20-6-8-23(31-9-3-4-19(32)17-31)21(15-20)25(33)30-12-10-29(11-13-30)24-7-5-18(16-27)14-22(24)26/h5-8,14-15,19,32H,2-4,9-13,17H2,1H3,(H,28,34). The number of amides is 1. The summed E-state index contributed by atoms with van der Waals surface area (Å²) in [6.07, 6.45) is 1.07. The van der Waals surface area contributed by atoms with E-state index in [0.29, 0.717) is 61.1 Å². The van der Waals surface area contributed by atoms with E-state index < -0.39 is 21.6 Å². The van der Waals surface area contributed by atoms with Crippen molar-refractivity contribution in [1.82, 2.24) is 9.62 Å². The first-order valence-corrected chi connectivity index (χ1v) is 13.3. The summed E-state index contributed by atoms with van der Waals surface area (Å²) < 4.78 is 30.1. The molecule has 2 unspecified atom stereocenters. The topological polar surface area (TPSA) is 99.9 Å². The number of hydrogen-bond donors (Lipinski definition) is 2. The van der Waals surface area contributed by atoms with E-state index >= 15 is 0 Å².